The monoisotopic (exact) mass is 465 g/mol. The number of anilines is 3. The van der Waals surface area contributed by atoms with Crippen molar-refractivity contribution in [2.75, 3.05) is 37.6 Å². The average Bonchev–Trinajstić information content (AvgIpc) is 2.75. The summed E-state index contributed by atoms with van der Waals surface area (Å²) >= 11 is 0. The average molecular weight is 466 g/mol. The molecule has 2 aromatic rings. The number of ether oxygens (including phenoxy) is 1. The first-order valence-corrected chi connectivity index (χ1v) is 11.7. The van der Waals surface area contributed by atoms with E-state index in [2.05, 4.69) is 25.6 Å². The number of nitrogens with zero attached hydrogens (tertiary/aromatic N) is 5. The highest BCUT2D eigenvalue weighted by Gasteiger charge is 2.28. The number of nitro groups is 1. The second kappa shape index (κ2) is 10.0. The molecule has 0 saturated heterocycles. The first-order valence-electron chi connectivity index (χ1n) is 10.1. The zero-order valence-corrected chi connectivity index (χ0v) is 19.0. The molecule has 0 amide bonds. The number of aromatic nitrogens is 3. The first-order chi connectivity index (χ1) is 15.2. The van der Waals surface area contributed by atoms with Gasteiger partial charge in [-0.05, 0) is 43.7 Å². The molecule has 12 nitrogen and oxygen atoms in total. The molecule has 3 rings (SSSR count). The summed E-state index contributed by atoms with van der Waals surface area (Å²) in [6.07, 6.45) is 5.52. The highest BCUT2D eigenvalue weighted by molar-refractivity contribution is 7.89. The Morgan fingerprint density at radius 1 is 1.25 bits per heavy atom. The quantitative estimate of drug-likeness (QED) is 0.417. The van der Waals surface area contributed by atoms with E-state index in [0.717, 1.165) is 6.20 Å². The van der Waals surface area contributed by atoms with E-state index in [4.69, 9.17) is 4.74 Å². The maximum absolute atomic E-state index is 12.1. The Balaban J connectivity index is 1.70. The Kier molecular flexibility index (Phi) is 7.40. The van der Waals surface area contributed by atoms with Crippen molar-refractivity contribution in [3.8, 4) is 5.88 Å². The summed E-state index contributed by atoms with van der Waals surface area (Å²) in [7, 11) is 1.29. The summed E-state index contributed by atoms with van der Waals surface area (Å²) in [5.41, 5.74) is 0.295. The van der Waals surface area contributed by atoms with Crippen LogP contribution in [-0.4, -0.2) is 65.6 Å². The van der Waals surface area contributed by atoms with E-state index in [1.807, 2.05) is 0 Å². The van der Waals surface area contributed by atoms with Crippen LogP contribution in [-0.2, 0) is 10.0 Å². The van der Waals surface area contributed by atoms with Crippen LogP contribution >= 0.6 is 0 Å². The van der Waals surface area contributed by atoms with Crippen LogP contribution in [0.25, 0.3) is 0 Å². The second-order valence-corrected chi connectivity index (χ2v) is 10.0. The molecule has 174 valence electrons. The van der Waals surface area contributed by atoms with Crippen LogP contribution in [0.4, 0.5) is 23.1 Å². The maximum Gasteiger partial charge on any atom is 0.329 e. The van der Waals surface area contributed by atoms with Crippen LogP contribution in [0.5, 0.6) is 5.88 Å². The van der Waals surface area contributed by atoms with Crippen molar-refractivity contribution in [2.24, 2.45) is 5.92 Å². The molecular weight excluding hydrogens is 438 g/mol. The van der Waals surface area contributed by atoms with E-state index in [1.54, 1.807) is 18.3 Å². The van der Waals surface area contributed by atoms with Crippen LogP contribution in [0, 0.1) is 16.0 Å². The van der Waals surface area contributed by atoms with E-state index < -0.39 is 14.9 Å². The zero-order valence-electron chi connectivity index (χ0n) is 18.2. The number of rotatable bonds is 9. The number of pyridine rings is 1. The summed E-state index contributed by atoms with van der Waals surface area (Å²) in [5, 5.41) is 17.6. The summed E-state index contributed by atoms with van der Waals surface area (Å²) in [4.78, 5) is 23.4. The Morgan fingerprint density at radius 3 is 2.59 bits per heavy atom. The van der Waals surface area contributed by atoms with Crippen LogP contribution in [0.15, 0.2) is 24.5 Å². The summed E-state index contributed by atoms with van der Waals surface area (Å²) in [6.45, 7) is 0. The lowest BCUT2D eigenvalue weighted by Crippen LogP contribution is -2.33. The molecule has 0 atom stereocenters. The number of methoxy groups -OCH3 is 1. The molecule has 2 N–H and O–H groups in total. The van der Waals surface area contributed by atoms with Gasteiger partial charge < -0.3 is 15.4 Å². The lowest BCUT2D eigenvalue weighted by atomic mass is 9.87. The molecule has 1 fully saturated rings. The molecule has 1 aliphatic rings. The van der Waals surface area contributed by atoms with Gasteiger partial charge in [0.05, 0.1) is 17.8 Å². The lowest BCUT2D eigenvalue weighted by molar-refractivity contribution is -0.384. The fraction of sp³-hybridized carbons (Fsp3) is 0.526. The molecule has 13 heteroatoms. The molecule has 0 spiro atoms. The largest absolute Gasteiger partial charge is 0.480 e. The van der Waals surface area contributed by atoms with Gasteiger partial charge in [-0.25, -0.2) is 22.7 Å². The minimum Gasteiger partial charge on any atom is -0.480 e. The third kappa shape index (κ3) is 5.79. The van der Waals surface area contributed by atoms with Crippen molar-refractivity contribution < 1.29 is 18.1 Å². The highest BCUT2D eigenvalue weighted by atomic mass is 32.2. The zero-order chi connectivity index (χ0) is 23.3. The maximum atomic E-state index is 12.1. The SMILES string of the molecule is COc1ncccc1Nc1ncc([N+](=O)[O-])c(NC2CCC(CS(=O)(=O)N(C)C)CC2)n1. The van der Waals surface area contributed by atoms with Crippen molar-refractivity contribution >= 4 is 33.2 Å². The topological polar surface area (TPSA) is 152 Å². The fourth-order valence-corrected chi connectivity index (χ4v) is 4.79. The van der Waals surface area contributed by atoms with Crippen LogP contribution < -0.4 is 15.4 Å². The van der Waals surface area contributed by atoms with Gasteiger partial charge >= 0.3 is 5.69 Å². The molecule has 32 heavy (non-hydrogen) atoms. The number of sulfonamides is 1. The molecule has 0 bridgehead atoms. The normalized spacial score (nSPS) is 18.9. The van der Waals surface area contributed by atoms with E-state index >= 15 is 0 Å². The van der Waals surface area contributed by atoms with Gasteiger partial charge in [0.1, 0.15) is 11.9 Å². The van der Waals surface area contributed by atoms with Crippen molar-refractivity contribution in [3.63, 3.8) is 0 Å². The van der Waals surface area contributed by atoms with E-state index in [-0.39, 0.29) is 35.2 Å². The van der Waals surface area contributed by atoms with Gasteiger partial charge in [0, 0.05) is 26.3 Å². The van der Waals surface area contributed by atoms with Crippen molar-refractivity contribution in [2.45, 2.75) is 31.7 Å². The molecule has 0 aliphatic heterocycles. The summed E-state index contributed by atoms with van der Waals surface area (Å²) in [5.74, 6) is 0.794. The van der Waals surface area contributed by atoms with Gasteiger partial charge in [-0.3, -0.25) is 10.1 Å². The van der Waals surface area contributed by atoms with Gasteiger partial charge in [0.15, 0.2) is 0 Å². The third-order valence-electron chi connectivity index (χ3n) is 5.37. The minimum atomic E-state index is -3.25. The molecule has 0 unspecified atom stereocenters. The fourth-order valence-electron chi connectivity index (χ4n) is 3.56. The smallest absolute Gasteiger partial charge is 0.329 e. The molecule has 0 radical (unpaired) electrons. The molecule has 2 heterocycles. The van der Waals surface area contributed by atoms with Gasteiger partial charge in [-0.15, -0.1) is 0 Å². The first kappa shape index (κ1) is 23.6. The predicted octanol–water partition coefficient (Wildman–Crippen LogP) is 2.39. The van der Waals surface area contributed by atoms with Crippen LogP contribution in [0.2, 0.25) is 0 Å². The van der Waals surface area contributed by atoms with Gasteiger partial charge in [-0.1, -0.05) is 0 Å². The minimum absolute atomic E-state index is 0.0531. The van der Waals surface area contributed by atoms with Crippen molar-refractivity contribution in [1.82, 2.24) is 19.3 Å². The number of nitrogens with one attached hydrogen (secondary N) is 2. The number of hydrogen-bond acceptors (Lipinski definition) is 10. The van der Waals surface area contributed by atoms with Gasteiger partial charge in [0.25, 0.3) is 0 Å². The predicted molar refractivity (Wildman–Crippen MR) is 120 cm³/mol. The summed E-state index contributed by atoms with van der Waals surface area (Å²) < 4.78 is 30.7. The third-order valence-corrected chi connectivity index (χ3v) is 7.37. The van der Waals surface area contributed by atoms with Crippen molar-refractivity contribution in [1.29, 1.82) is 0 Å². The Hall–Kier alpha value is -3.06. The van der Waals surface area contributed by atoms with E-state index in [0.29, 0.717) is 37.3 Å². The standard InChI is InChI=1S/C19H27N7O5S/c1-25(2)32(29,30)12-13-6-8-14(9-7-13)22-17-16(26(27)28)11-21-19(24-17)23-15-5-4-10-20-18(15)31-3/h4-5,10-11,13-14H,6-9,12H2,1-3H3,(H2,21,22,23,24). The second-order valence-electron chi connectivity index (χ2n) is 7.79. The van der Waals surface area contributed by atoms with Gasteiger partial charge in [0.2, 0.25) is 27.7 Å². The lowest BCUT2D eigenvalue weighted by Gasteiger charge is -2.29. The molecular formula is C19H27N7O5S. The Morgan fingerprint density at radius 2 is 1.97 bits per heavy atom. The molecule has 0 aromatic carbocycles. The molecule has 2 aromatic heterocycles. The van der Waals surface area contributed by atoms with Crippen LogP contribution in [0.3, 0.4) is 0 Å². The van der Waals surface area contributed by atoms with Crippen molar-refractivity contribution in [3.05, 3.63) is 34.6 Å². The van der Waals surface area contributed by atoms with E-state index in [9.17, 15) is 18.5 Å². The Bertz CT molecular complexity index is 1060. The number of hydrogen-bond donors (Lipinski definition) is 2. The van der Waals surface area contributed by atoms with Gasteiger partial charge in [-0.2, -0.15) is 4.98 Å². The highest BCUT2D eigenvalue weighted by Crippen LogP contribution is 2.31. The molecule has 1 aliphatic carbocycles. The van der Waals surface area contributed by atoms with Crippen LogP contribution in [0.1, 0.15) is 25.7 Å². The summed E-state index contributed by atoms with van der Waals surface area (Å²) in [6, 6.07) is 3.39. The molecule has 1 saturated carbocycles. The Labute approximate surface area is 186 Å². The van der Waals surface area contributed by atoms with E-state index in [1.165, 1.54) is 25.5 Å².